The first-order chi connectivity index (χ1) is 11.5. The number of carbonyl (C=O) groups is 2. The molecule has 0 aromatic heterocycles. The Morgan fingerprint density at radius 1 is 1.17 bits per heavy atom. The van der Waals surface area contributed by atoms with Gasteiger partial charge in [-0.2, -0.15) is 0 Å². The smallest absolute Gasteiger partial charge is 0.255 e. The van der Waals surface area contributed by atoms with Crippen LogP contribution in [-0.4, -0.2) is 26.0 Å². The van der Waals surface area contributed by atoms with Crippen molar-refractivity contribution >= 4 is 23.2 Å². The molecule has 2 amide bonds. The lowest BCUT2D eigenvalue weighted by molar-refractivity contribution is -0.118. The predicted molar refractivity (Wildman–Crippen MR) is 93.9 cm³/mol. The van der Waals surface area contributed by atoms with E-state index in [0.29, 0.717) is 18.4 Å². The quantitative estimate of drug-likeness (QED) is 0.943. The number of nitrogens with one attached hydrogen (secondary N) is 1. The van der Waals surface area contributed by atoms with Crippen molar-refractivity contribution < 1.29 is 14.3 Å². The topological polar surface area (TPSA) is 58.6 Å². The van der Waals surface area contributed by atoms with Gasteiger partial charge in [-0.3, -0.25) is 9.59 Å². The highest BCUT2D eigenvalue weighted by Crippen LogP contribution is 2.29. The van der Waals surface area contributed by atoms with Crippen molar-refractivity contribution in [1.29, 1.82) is 0 Å². The van der Waals surface area contributed by atoms with Gasteiger partial charge in [0.15, 0.2) is 0 Å². The number of amides is 2. The normalized spacial score (nSPS) is 13.5. The number of anilines is 2. The SMILES string of the molecule is COc1ccc(C(=O)Nc2ccc3c(c2)CCC(=O)N3C)c(C)c1. The molecule has 0 bridgehead atoms. The molecule has 0 spiro atoms. The summed E-state index contributed by atoms with van der Waals surface area (Å²) in [6.07, 6.45) is 1.20. The second kappa shape index (κ2) is 6.35. The fourth-order valence-corrected chi connectivity index (χ4v) is 2.95. The van der Waals surface area contributed by atoms with E-state index < -0.39 is 0 Å². The first-order valence-electron chi connectivity index (χ1n) is 7.85. The molecule has 1 aliphatic rings. The monoisotopic (exact) mass is 324 g/mol. The molecular formula is C19H20N2O3. The maximum Gasteiger partial charge on any atom is 0.255 e. The largest absolute Gasteiger partial charge is 0.497 e. The first kappa shape index (κ1) is 16.1. The number of hydrogen-bond donors (Lipinski definition) is 1. The van der Waals surface area contributed by atoms with Gasteiger partial charge >= 0.3 is 0 Å². The second-order valence-electron chi connectivity index (χ2n) is 5.93. The van der Waals surface area contributed by atoms with Crippen LogP contribution in [0.2, 0.25) is 0 Å². The van der Waals surface area contributed by atoms with Gasteiger partial charge in [0.2, 0.25) is 5.91 Å². The van der Waals surface area contributed by atoms with Crippen molar-refractivity contribution in [2.75, 3.05) is 24.4 Å². The summed E-state index contributed by atoms with van der Waals surface area (Å²) in [6, 6.07) is 11.0. The molecule has 1 heterocycles. The molecule has 1 N–H and O–H groups in total. The number of benzene rings is 2. The zero-order valence-corrected chi connectivity index (χ0v) is 14.1. The van der Waals surface area contributed by atoms with Gasteiger partial charge < -0.3 is 15.0 Å². The molecule has 24 heavy (non-hydrogen) atoms. The lowest BCUT2D eigenvalue weighted by Gasteiger charge is -2.26. The van der Waals surface area contributed by atoms with Crippen molar-refractivity contribution in [3.63, 3.8) is 0 Å². The summed E-state index contributed by atoms with van der Waals surface area (Å²) in [4.78, 5) is 25.9. The van der Waals surface area contributed by atoms with Gasteiger partial charge in [0, 0.05) is 30.4 Å². The van der Waals surface area contributed by atoms with Gasteiger partial charge in [-0.05, 0) is 60.9 Å². The molecule has 0 aliphatic carbocycles. The third-order valence-electron chi connectivity index (χ3n) is 4.36. The summed E-state index contributed by atoms with van der Waals surface area (Å²) in [5.41, 5.74) is 4.18. The number of rotatable bonds is 3. The van der Waals surface area contributed by atoms with E-state index >= 15 is 0 Å². The third-order valence-corrected chi connectivity index (χ3v) is 4.36. The lowest BCUT2D eigenvalue weighted by Crippen LogP contribution is -2.31. The minimum atomic E-state index is -0.157. The van der Waals surface area contributed by atoms with E-state index in [1.807, 2.05) is 31.2 Å². The molecule has 3 rings (SSSR count). The summed E-state index contributed by atoms with van der Waals surface area (Å²) in [5, 5.41) is 2.93. The minimum Gasteiger partial charge on any atom is -0.497 e. The van der Waals surface area contributed by atoms with E-state index in [4.69, 9.17) is 4.74 Å². The Morgan fingerprint density at radius 3 is 2.67 bits per heavy atom. The summed E-state index contributed by atoms with van der Waals surface area (Å²) < 4.78 is 5.17. The summed E-state index contributed by atoms with van der Waals surface area (Å²) in [7, 11) is 3.38. The van der Waals surface area contributed by atoms with E-state index in [1.54, 1.807) is 31.2 Å². The van der Waals surface area contributed by atoms with Crippen LogP contribution in [0.5, 0.6) is 5.75 Å². The van der Waals surface area contributed by atoms with Crippen LogP contribution >= 0.6 is 0 Å². The molecule has 5 heteroatoms. The number of methoxy groups -OCH3 is 1. The van der Waals surface area contributed by atoms with Crippen LogP contribution in [-0.2, 0) is 11.2 Å². The van der Waals surface area contributed by atoms with Gasteiger partial charge in [0.05, 0.1) is 7.11 Å². The van der Waals surface area contributed by atoms with Crippen LogP contribution in [0, 0.1) is 6.92 Å². The van der Waals surface area contributed by atoms with Crippen LogP contribution in [0.4, 0.5) is 11.4 Å². The van der Waals surface area contributed by atoms with Crippen LogP contribution in [0.3, 0.4) is 0 Å². The standard InChI is InChI=1S/C19H20N2O3/c1-12-10-15(24-3)6-7-16(12)19(23)20-14-5-8-17-13(11-14)4-9-18(22)21(17)2/h5-8,10-11H,4,9H2,1-3H3,(H,20,23). The zero-order chi connectivity index (χ0) is 17.3. The first-order valence-corrected chi connectivity index (χ1v) is 7.85. The van der Waals surface area contributed by atoms with Crippen molar-refractivity contribution in [2.24, 2.45) is 0 Å². The van der Waals surface area contributed by atoms with E-state index in [1.165, 1.54) is 0 Å². The number of ether oxygens (including phenoxy) is 1. The highest BCUT2D eigenvalue weighted by molar-refractivity contribution is 6.05. The highest BCUT2D eigenvalue weighted by Gasteiger charge is 2.21. The molecule has 1 aliphatic heterocycles. The number of nitrogens with zero attached hydrogens (tertiary/aromatic N) is 1. The number of carbonyl (C=O) groups excluding carboxylic acids is 2. The fraction of sp³-hybridized carbons (Fsp3) is 0.263. The molecular weight excluding hydrogens is 304 g/mol. The van der Waals surface area contributed by atoms with E-state index in [-0.39, 0.29) is 11.8 Å². The number of hydrogen-bond acceptors (Lipinski definition) is 3. The van der Waals surface area contributed by atoms with Gasteiger partial charge in [0.1, 0.15) is 5.75 Å². The Balaban J connectivity index is 1.82. The van der Waals surface area contributed by atoms with E-state index in [2.05, 4.69) is 5.32 Å². The molecule has 0 saturated carbocycles. The van der Waals surface area contributed by atoms with Crippen LogP contribution in [0.1, 0.15) is 27.9 Å². The van der Waals surface area contributed by atoms with Crippen molar-refractivity contribution in [2.45, 2.75) is 19.8 Å². The maximum absolute atomic E-state index is 12.5. The van der Waals surface area contributed by atoms with Gasteiger partial charge in [-0.15, -0.1) is 0 Å². The molecule has 5 nitrogen and oxygen atoms in total. The van der Waals surface area contributed by atoms with Gasteiger partial charge in [-0.1, -0.05) is 0 Å². The molecule has 0 unspecified atom stereocenters. The molecule has 0 fully saturated rings. The van der Waals surface area contributed by atoms with E-state index in [0.717, 1.165) is 28.3 Å². The maximum atomic E-state index is 12.5. The van der Waals surface area contributed by atoms with E-state index in [9.17, 15) is 9.59 Å². The molecule has 2 aromatic carbocycles. The summed E-state index contributed by atoms with van der Waals surface area (Å²) >= 11 is 0. The Kier molecular flexibility index (Phi) is 4.25. The van der Waals surface area contributed by atoms with Crippen LogP contribution in [0.15, 0.2) is 36.4 Å². The summed E-state index contributed by atoms with van der Waals surface area (Å²) in [6.45, 7) is 1.88. The Morgan fingerprint density at radius 2 is 1.96 bits per heavy atom. The Labute approximate surface area is 141 Å². The minimum absolute atomic E-state index is 0.119. The number of fused-ring (bicyclic) bond motifs is 1. The third kappa shape index (κ3) is 2.97. The highest BCUT2D eigenvalue weighted by atomic mass is 16.5. The van der Waals surface area contributed by atoms with Crippen LogP contribution in [0.25, 0.3) is 0 Å². The summed E-state index contributed by atoms with van der Waals surface area (Å²) in [5.74, 6) is 0.689. The average Bonchev–Trinajstić information content (AvgIpc) is 2.58. The molecule has 0 radical (unpaired) electrons. The Bertz CT molecular complexity index is 814. The Hall–Kier alpha value is -2.82. The second-order valence-corrected chi connectivity index (χ2v) is 5.93. The van der Waals surface area contributed by atoms with Crippen molar-refractivity contribution in [3.05, 3.63) is 53.1 Å². The number of aryl methyl sites for hydroxylation is 2. The van der Waals surface area contributed by atoms with Crippen molar-refractivity contribution in [1.82, 2.24) is 0 Å². The molecule has 2 aromatic rings. The predicted octanol–water partition coefficient (Wildman–Crippen LogP) is 3.16. The zero-order valence-electron chi connectivity index (χ0n) is 14.1. The lowest BCUT2D eigenvalue weighted by atomic mass is 10.0. The average molecular weight is 324 g/mol. The van der Waals surface area contributed by atoms with Gasteiger partial charge in [0.25, 0.3) is 5.91 Å². The van der Waals surface area contributed by atoms with Crippen molar-refractivity contribution in [3.8, 4) is 5.75 Å². The molecule has 124 valence electrons. The van der Waals surface area contributed by atoms with Crippen LogP contribution < -0.4 is 15.0 Å². The van der Waals surface area contributed by atoms with Gasteiger partial charge in [-0.25, -0.2) is 0 Å². The molecule has 0 saturated heterocycles. The molecule has 0 atom stereocenters. The fourth-order valence-electron chi connectivity index (χ4n) is 2.95.